The number of imidazole rings is 1. The number of hydrogen-bond donors (Lipinski definition) is 1. The third kappa shape index (κ3) is 4.84. The van der Waals surface area contributed by atoms with E-state index < -0.39 is 0 Å². The van der Waals surface area contributed by atoms with Crippen LogP contribution in [0.4, 0.5) is 5.82 Å². The molecule has 2 N–H and O–H groups in total. The van der Waals surface area contributed by atoms with Crippen molar-refractivity contribution < 1.29 is 9.53 Å². The molecular formula is C30H34N6O2. The number of fused-ring (bicyclic) bond motifs is 1. The lowest BCUT2D eigenvalue weighted by Gasteiger charge is -2.36. The Bertz CT molecular complexity index is 1430. The largest absolute Gasteiger partial charge is 0.482 e. The highest BCUT2D eigenvalue weighted by molar-refractivity contribution is 5.94. The number of para-hydroxylation sites is 2. The number of hydrogen-bond acceptors (Lipinski definition) is 6. The van der Waals surface area contributed by atoms with Gasteiger partial charge in [-0.15, -0.1) is 0 Å². The molecule has 8 heteroatoms. The fourth-order valence-corrected chi connectivity index (χ4v) is 5.72. The molecule has 2 aromatic heterocycles. The van der Waals surface area contributed by atoms with Crippen molar-refractivity contribution in [3.05, 3.63) is 72.2 Å². The van der Waals surface area contributed by atoms with Crippen molar-refractivity contribution in [3.8, 4) is 16.9 Å². The molecular weight excluding hydrogens is 476 g/mol. The van der Waals surface area contributed by atoms with E-state index in [1.807, 2.05) is 71.1 Å². The van der Waals surface area contributed by atoms with Gasteiger partial charge in [0.15, 0.2) is 11.6 Å². The zero-order valence-corrected chi connectivity index (χ0v) is 21.8. The quantitative estimate of drug-likeness (QED) is 0.411. The Morgan fingerprint density at radius 3 is 2.47 bits per heavy atom. The van der Waals surface area contributed by atoms with Crippen molar-refractivity contribution in [2.24, 2.45) is 7.05 Å². The predicted octanol–water partition coefficient (Wildman–Crippen LogP) is 4.50. The number of carbonyl (C=O) groups excluding carboxylic acids is 1. The van der Waals surface area contributed by atoms with Gasteiger partial charge in [-0.3, -0.25) is 4.79 Å². The lowest BCUT2D eigenvalue weighted by Crippen LogP contribution is -2.45. The first-order valence-corrected chi connectivity index (χ1v) is 13.5. The second-order valence-electron chi connectivity index (χ2n) is 10.3. The molecule has 0 unspecified atom stereocenters. The van der Waals surface area contributed by atoms with E-state index in [4.69, 9.17) is 10.5 Å². The zero-order valence-electron chi connectivity index (χ0n) is 21.8. The van der Waals surface area contributed by atoms with E-state index in [1.54, 1.807) is 6.20 Å². The van der Waals surface area contributed by atoms with Crippen molar-refractivity contribution >= 4 is 22.8 Å². The van der Waals surface area contributed by atoms with Crippen LogP contribution < -0.4 is 10.5 Å². The second-order valence-corrected chi connectivity index (χ2v) is 10.3. The van der Waals surface area contributed by atoms with E-state index in [0.717, 1.165) is 59.5 Å². The van der Waals surface area contributed by atoms with Gasteiger partial charge in [0, 0.05) is 43.5 Å². The molecule has 2 aliphatic rings. The van der Waals surface area contributed by atoms with Crippen LogP contribution in [0, 0.1) is 0 Å². The average Bonchev–Trinajstić information content (AvgIpc) is 3.61. The molecule has 2 saturated heterocycles. The SMILES string of the molecule is Cn1c(COc2cc(-c3ccc(C(=O)N4CCC(N5CCCC5)CC4)cc3)cnc2N)nc2ccccc21. The molecule has 2 aliphatic heterocycles. The Morgan fingerprint density at radius 2 is 1.74 bits per heavy atom. The molecule has 1 amide bonds. The molecule has 6 rings (SSSR count). The van der Waals surface area contributed by atoms with E-state index in [1.165, 1.54) is 25.9 Å². The monoisotopic (exact) mass is 510 g/mol. The summed E-state index contributed by atoms with van der Waals surface area (Å²) in [4.78, 5) is 26.8. The minimum atomic E-state index is 0.110. The van der Waals surface area contributed by atoms with Crippen molar-refractivity contribution in [2.45, 2.75) is 38.3 Å². The highest BCUT2D eigenvalue weighted by Crippen LogP contribution is 2.29. The van der Waals surface area contributed by atoms with Crippen molar-refractivity contribution in [1.29, 1.82) is 0 Å². The summed E-state index contributed by atoms with van der Waals surface area (Å²) in [5, 5.41) is 0. The van der Waals surface area contributed by atoms with E-state index in [2.05, 4.69) is 14.9 Å². The number of rotatable bonds is 6. The summed E-state index contributed by atoms with van der Waals surface area (Å²) in [6, 6.07) is 18.3. The molecule has 8 nitrogen and oxygen atoms in total. The summed E-state index contributed by atoms with van der Waals surface area (Å²) >= 11 is 0. The molecule has 4 aromatic rings. The molecule has 0 aliphatic carbocycles. The lowest BCUT2D eigenvalue weighted by atomic mass is 10.0. The number of aryl methyl sites for hydroxylation is 1. The van der Waals surface area contributed by atoms with Gasteiger partial charge in [-0.1, -0.05) is 24.3 Å². The summed E-state index contributed by atoms with van der Waals surface area (Å²) in [6.07, 6.45) is 6.49. The highest BCUT2D eigenvalue weighted by Gasteiger charge is 2.28. The number of nitrogens with two attached hydrogens (primary N) is 1. The zero-order chi connectivity index (χ0) is 26.1. The Balaban J connectivity index is 1.11. The number of piperidine rings is 1. The van der Waals surface area contributed by atoms with Gasteiger partial charge in [0.1, 0.15) is 12.4 Å². The first-order valence-electron chi connectivity index (χ1n) is 13.5. The average molecular weight is 511 g/mol. The molecule has 0 bridgehead atoms. The normalized spacial score (nSPS) is 16.8. The second kappa shape index (κ2) is 10.5. The number of carbonyl (C=O) groups is 1. The van der Waals surface area contributed by atoms with Gasteiger partial charge in [-0.05, 0) is 74.7 Å². The Morgan fingerprint density at radius 1 is 1.00 bits per heavy atom. The Hall–Kier alpha value is -3.91. The smallest absolute Gasteiger partial charge is 0.253 e. The Kier molecular flexibility index (Phi) is 6.72. The topological polar surface area (TPSA) is 89.5 Å². The van der Waals surface area contributed by atoms with E-state index in [0.29, 0.717) is 17.6 Å². The minimum Gasteiger partial charge on any atom is -0.482 e. The van der Waals surface area contributed by atoms with Crippen LogP contribution >= 0.6 is 0 Å². The highest BCUT2D eigenvalue weighted by atomic mass is 16.5. The van der Waals surface area contributed by atoms with Gasteiger partial charge in [0.05, 0.1) is 11.0 Å². The first-order chi connectivity index (χ1) is 18.6. The van der Waals surface area contributed by atoms with Crippen LogP contribution in [0.15, 0.2) is 60.8 Å². The Labute approximate surface area is 223 Å². The summed E-state index contributed by atoms with van der Waals surface area (Å²) in [5.74, 6) is 1.76. The molecule has 0 spiro atoms. The van der Waals surface area contributed by atoms with Gasteiger partial charge in [-0.2, -0.15) is 0 Å². The van der Waals surface area contributed by atoms with E-state index in [9.17, 15) is 4.79 Å². The van der Waals surface area contributed by atoms with Gasteiger partial charge < -0.3 is 24.8 Å². The molecule has 4 heterocycles. The van der Waals surface area contributed by atoms with E-state index in [-0.39, 0.29) is 12.5 Å². The standard InChI is InChI=1S/C30H34N6O2/c1-34-26-7-3-2-6-25(26)33-28(34)20-38-27-18-23(19-32-29(27)31)21-8-10-22(11-9-21)30(37)36-16-12-24(13-17-36)35-14-4-5-15-35/h2-3,6-11,18-19,24H,4-5,12-17,20H2,1H3,(H2,31,32). The summed E-state index contributed by atoms with van der Waals surface area (Å²) in [5.41, 5.74) is 10.7. The predicted molar refractivity (Wildman–Crippen MR) is 149 cm³/mol. The number of likely N-dealkylation sites (tertiary alicyclic amines) is 2. The number of amides is 1. The van der Waals surface area contributed by atoms with Crippen molar-refractivity contribution in [1.82, 2.24) is 24.3 Å². The molecule has 38 heavy (non-hydrogen) atoms. The molecule has 2 fully saturated rings. The first kappa shape index (κ1) is 24.4. The van der Waals surface area contributed by atoms with Crippen molar-refractivity contribution in [3.63, 3.8) is 0 Å². The maximum atomic E-state index is 13.1. The number of pyridine rings is 1. The van der Waals surface area contributed by atoms with Crippen LogP contribution in [0.5, 0.6) is 5.75 Å². The number of nitrogens with zero attached hydrogens (tertiary/aromatic N) is 5. The summed E-state index contributed by atoms with van der Waals surface area (Å²) in [7, 11) is 1.98. The fourth-order valence-electron chi connectivity index (χ4n) is 5.72. The minimum absolute atomic E-state index is 0.110. The number of anilines is 1. The molecule has 2 aromatic carbocycles. The van der Waals surface area contributed by atoms with Crippen LogP contribution in [-0.4, -0.2) is 62.5 Å². The van der Waals surface area contributed by atoms with Crippen molar-refractivity contribution in [2.75, 3.05) is 31.9 Å². The van der Waals surface area contributed by atoms with Crippen LogP contribution in [0.1, 0.15) is 41.9 Å². The number of benzene rings is 2. The third-order valence-electron chi connectivity index (χ3n) is 7.99. The fraction of sp³-hybridized carbons (Fsp3) is 0.367. The lowest BCUT2D eigenvalue weighted by molar-refractivity contribution is 0.0644. The number of ether oxygens (including phenoxy) is 1. The third-order valence-corrected chi connectivity index (χ3v) is 7.99. The van der Waals surface area contributed by atoms with Crippen LogP contribution in [-0.2, 0) is 13.7 Å². The van der Waals surface area contributed by atoms with Crippen LogP contribution in [0.25, 0.3) is 22.2 Å². The summed E-state index contributed by atoms with van der Waals surface area (Å²) < 4.78 is 8.07. The van der Waals surface area contributed by atoms with Crippen LogP contribution in [0.2, 0.25) is 0 Å². The maximum absolute atomic E-state index is 13.1. The number of nitrogen functional groups attached to an aromatic ring is 1. The van der Waals surface area contributed by atoms with E-state index >= 15 is 0 Å². The molecule has 0 atom stereocenters. The van der Waals surface area contributed by atoms with Gasteiger partial charge >= 0.3 is 0 Å². The molecule has 0 saturated carbocycles. The maximum Gasteiger partial charge on any atom is 0.253 e. The van der Waals surface area contributed by atoms with Gasteiger partial charge in [-0.25, -0.2) is 9.97 Å². The molecule has 196 valence electrons. The molecule has 0 radical (unpaired) electrons. The van der Waals surface area contributed by atoms with Gasteiger partial charge in [0.25, 0.3) is 5.91 Å². The number of aromatic nitrogens is 3. The summed E-state index contributed by atoms with van der Waals surface area (Å²) in [6.45, 7) is 4.37. The van der Waals surface area contributed by atoms with Crippen LogP contribution in [0.3, 0.4) is 0 Å². The van der Waals surface area contributed by atoms with Gasteiger partial charge in [0.2, 0.25) is 0 Å².